The van der Waals surface area contributed by atoms with Crippen LogP contribution in [0.25, 0.3) is 0 Å². The van der Waals surface area contributed by atoms with Crippen LogP contribution in [0.1, 0.15) is 5.56 Å². The van der Waals surface area contributed by atoms with E-state index < -0.39 is 0 Å². The van der Waals surface area contributed by atoms with Gasteiger partial charge in [-0.1, -0.05) is 23.2 Å². The summed E-state index contributed by atoms with van der Waals surface area (Å²) in [6, 6.07) is 4.50. The summed E-state index contributed by atoms with van der Waals surface area (Å²) in [6.07, 6.45) is 0. The van der Waals surface area contributed by atoms with Crippen LogP contribution in [0.4, 0.5) is 4.39 Å². The van der Waals surface area contributed by atoms with Gasteiger partial charge in [-0.05, 0) is 30.7 Å². The van der Waals surface area contributed by atoms with Gasteiger partial charge in [0.15, 0.2) is 0 Å². The van der Waals surface area contributed by atoms with Crippen molar-refractivity contribution in [2.24, 2.45) is 0 Å². The lowest BCUT2D eigenvalue weighted by Crippen LogP contribution is -1.97. The Morgan fingerprint density at radius 2 is 2.29 bits per heavy atom. The fourth-order valence-corrected chi connectivity index (χ4v) is 1.01. The fourth-order valence-electron chi connectivity index (χ4n) is 0.891. The second kappa shape index (κ2) is 5.23. The van der Waals surface area contributed by atoms with Gasteiger partial charge < -0.3 is 4.74 Å². The molecule has 0 aliphatic carbocycles. The third-order valence-electron chi connectivity index (χ3n) is 1.62. The molecule has 0 atom stereocenters. The molecule has 0 saturated heterocycles. The van der Waals surface area contributed by atoms with Gasteiger partial charge in [-0.2, -0.15) is 0 Å². The molecule has 0 aliphatic heterocycles. The van der Waals surface area contributed by atoms with E-state index in [1.54, 1.807) is 19.1 Å². The highest BCUT2D eigenvalue weighted by molar-refractivity contribution is 6.36. The Morgan fingerprint density at radius 3 is 2.86 bits per heavy atom. The minimum Gasteiger partial charge on any atom is -0.488 e. The van der Waals surface area contributed by atoms with Gasteiger partial charge in [-0.25, -0.2) is 4.39 Å². The highest BCUT2D eigenvalue weighted by Gasteiger charge is 2.00. The lowest BCUT2D eigenvalue weighted by molar-refractivity contribution is 0.358. The Labute approximate surface area is 92.1 Å². The largest absolute Gasteiger partial charge is 0.488 e. The SMILES string of the molecule is Cc1cc(OC/C(Cl)=C/Cl)ccc1F. The third kappa shape index (κ3) is 3.20. The smallest absolute Gasteiger partial charge is 0.126 e. The molecule has 0 radical (unpaired) electrons. The Bertz CT molecular complexity index is 350. The summed E-state index contributed by atoms with van der Waals surface area (Å²) >= 11 is 11.0. The summed E-state index contributed by atoms with van der Waals surface area (Å²) in [6.45, 7) is 1.86. The van der Waals surface area contributed by atoms with Crippen molar-refractivity contribution < 1.29 is 9.13 Å². The average molecular weight is 235 g/mol. The zero-order valence-corrected chi connectivity index (χ0v) is 9.07. The quantitative estimate of drug-likeness (QED) is 0.773. The van der Waals surface area contributed by atoms with Gasteiger partial charge in [0.1, 0.15) is 18.2 Å². The van der Waals surface area contributed by atoms with Gasteiger partial charge in [-0.15, -0.1) is 0 Å². The van der Waals surface area contributed by atoms with E-state index in [1.165, 1.54) is 11.6 Å². The normalized spacial score (nSPS) is 11.6. The first-order valence-corrected chi connectivity index (χ1v) is 4.78. The predicted octanol–water partition coefficient (Wildman–Crippen LogP) is 3.83. The molecule has 0 N–H and O–H groups in total. The molecule has 0 heterocycles. The molecule has 0 fully saturated rings. The predicted molar refractivity (Wildman–Crippen MR) is 56.4 cm³/mol. The van der Waals surface area contributed by atoms with E-state index in [9.17, 15) is 4.39 Å². The third-order valence-corrected chi connectivity index (χ3v) is 2.22. The summed E-state index contributed by atoms with van der Waals surface area (Å²) in [5.41, 5.74) is 1.77. The molecule has 1 rings (SSSR count). The van der Waals surface area contributed by atoms with Crippen LogP contribution < -0.4 is 4.74 Å². The molecule has 4 heteroatoms. The van der Waals surface area contributed by atoms with E-state index in [0.717, 1.165) is 0 Å². The van der Waals surface area contributed by atoms with Crippen molar-refractivity contribution in [1.82, 2.24) is 0 Å². The van der Waals surface area contributed by atoms with E-state index in [4.69, 9.17) is 27.9 Å². The zero-order valence-electron chi connectivity index (χ0n) is 7.56. The average Bonchev–Trinajstić information content (AvgIpc) is 2.19. The van der Waals surface area contributed by atoms with Crippen molar-refractivity contribution in [3.8, 4) is 5.75 Å². The van der Waals surface area contributed by atoms with Crippen LogP contribution in [0.3, 0.4) is 0 Å². The molecular weight excluding hydrogens is 226 g/mol. The summed E-state index contributed by atoms with van der Waals surface area (Å²) < 4.78 is 18.1. The molecule has 0 aromatic heterocycles. The van der Waals surface area contributed by atoms with Gasteiger partial charge in [-0.3, -0.25) is 0 Å². The highest BCUT2D eigenvalue weighted by Crippen LogP contribution is 2.17. The molecule has 0 spiro atoms. The molecule has 14 heavy (non-hydrogen) atoms. The maximum absolute atomic E-state index is 12.8. The van der Waals surface area contributed by atoms with E-state index in [1.807, 2.05) is 0 Å². The Morgan fingerprint density at radius 1 is 1.57 bits per heavy atom. The number of benzene rings is 1. The van der Waals surface area contributed by atoms with Gasteiger partial charge in [0.2, 0.25) is 0 Å². The lowest BCUT2D eigenvalue weighted by atomic mass is 10.2. The van der Waals surface area contributed by atoms with Gasteiger partial charge in [0, 0.05) is 5.54 Å². The maximum Gasteiger partial charge on any atom is 0.126 e. The van der Waals surface area contributed by atoms with E-state index >= 15 is 0 Å². The van der Waals surface area contributed by atoms with Crippen LogP contribution >= 0.6 is 23.2 Å². The molecule has 76 valence electrons. The maximum atomic E-state index is 12.8. The standard InChI is InChI=1S/C10H9Cl2FO/c1-7-4-9(2-3-10(7)13)14-6-8(12)5-11/h2-5H,6H2,1H3/b8-5-. The molecule has 0 amide bonds. The van der Waals surface area contributed by atoms with Crippen LogP contribution in [0.15, 0.2) is 28.8 Å². The van der Waals surface area contributed by atoms with E-state index in [0.29, 0.717) is 16.3 Å². The van der Waals surface area contributed by atoms with Gasteiger partial charge in [0.05, 0.1) is 5.03 Å². The van der Waals surface area contributed by atoms with Gasteiger partial charge >= 0.3 is 0 Å². The first-order chi connectivity index (χ1) is 6.63. The second-order valence-corrected chi connectivity index (χ2v) is 3.46. The molecule has 0 bridgehead atoms. The number of halogens is 3. The molecular formula is C10H9Cl2FO. The first kappa shape index (κ1) is 11.3. The number of ether oxygens (including phenoxy) is 1. The summed E-state index contributed by atoms with van der Waals surface area (Å²) in [4.78, 5) is 0. The van der Waals surface area contributed by atoms with Crippen LogP contribution in [-0.2, 0) is 0 Å². The van der Waals surface area contributed by atoms with Crippen molar-refractivity contribution in [2.45, 2.75) is 6.92 Å². The van der Waals surface area contributed by atoms with E-state index in [2.05, 4.69) is 0 Å². The summed E-state index contributed by atoms with van der Waals surface area (Å²) in [5, 5.41) is 0.397. The van der Waals surface area contributed by atoms with Crippen LogP contribution in [0, 0.1) is 12.7 Å². The first-order valence-electron chi connectivity index (χ1n) is 3.97. The highest BCUT2D eigenvalue weighted by atomic mass is 35.5. The van der Waals surface area contributed by atoms with Crippen LogP contribution in [-0.4, -0.2) is 6.61 Å². The summed E-state index contributed by atoms with van der Waals surface area (Å²) in [5.74, 6) is 0.317. The lowest BCUT2D eigenvalue weighted by Gasteiger charge is -2.05. The van der Waals surface area contributed by atoms with Crippen molar-refractivity contribution in [1.29, 1.82) is 0 Å². The number of hydrogen-bond acceptors (Lipinski definition) is 1. The van der Waals surface area contributed by atoms with Crippen molar-refractivity contribution in [3.05, 3.63) is 40.1 Å². The minimum atomic E-state index is -0.253. The molecule has 0 aliphatic rings. The number of rotatable bonds is 3. The second-order valence-electron chi connectivity index (χ2n) is 2.76. The molecule has 0 saturated carbocycles. The Hall–Kier alpha value is -0.730. The Balaban J connectivity index is 2.64. The zero-order chi connectivity index (χ0) is 10.6. The molecule has 1 aromatic rings. The van der Waals surface area contributed by atoms with Gasteiger partial charge in [0.25, 0.3) is 0 Å². The Kier molecular flexibility index (Phi) is 4.23. The summed E-state index contributed by atoms with van der Waals surface area (Å²) in [7, 11) is 0. The van der Waals surface area contributed by atoms with Crippen molar-refractivity contribution in [3.63, 3.8) is 0 Å². The van der Waals surface area contributed by atoms with E-state index in [-0.39, 0.29) is 12.4 Å². The molecule has 0 unspecified atom stereocenters. The van der Waals surface area contributed by atoms with Crippen LogP contribution in [0.2, 0.25) is 0 Å². The molecule has 1 nitrogen and oxygen atoms in total. The van der Waals surface area contributed by atoms with Crippen molar-refractivity contribution >= 4 is 23.2 Å². The number of hydrogen-bond donors (Lipinski definition) is 0. The topological polar surface area (TPSA) is 9.23 Å². The molecule has 1 aromatic carbocycles. The number of aryl methyl sites for hydroxylation is 1. The van der Waals surface area contributed by atoms with Crippen molar-refractivity contribution in [2.75, 3.05) is 6.61 Å². The fraction of sp³-hybridized carbons (Fsp3) is 0.200. The van der Waals surface area contributed by atoms with Crippen LogP contribution in [0.5, 0.6) is 5.75 Å². The minimum absolute atomic E-state index is 0.191. The monoisotopic (exact) mass is 234 g/mol.